The van der Waals surface area contributed by atoms with Gasteiger partial charge in [0.15, 0.2) is 0 Å². The van der Waals surface area contributed by atoms with Gasteiger partial charge in [-0.05, 0) is 30.2 Å². The summed E-state index contributed by atoms with van der Waals surface area (Å²) in [7, 11) is 0. The highest BCUT2D eigenvalue weighted by Crippen LogP contribution is 2.17. The number of nitrogens with zero attached hydrogens (tertiary/aromatic N) is 1. The Kier molecular flexibility index (Phi) is 2.13. The summed E-state index contributed by atoms with van der Waals surface area (Å²) in [6.07, 6.45) is 1.19. The van der Waals surface area contributed by atoms with Gasteiger partial charge in [-0.25, -0.2) is 0 Å². The van der Waals surface area contributed by atoms with Gasteiger partial charge >= 0.3 is 0 Å². The van der Waals surface area contributed by atoms with Crippen molar-refractivity contribution in [3.8, 4) is 0 Å². The quantitative estimate of drug-likeness (QED) is 0.606. The Morgan fingerprint density at radius 3 is 3.25 bits per heavy atom. The molecule has 0 aromatic heterocycles. The van der Waals surface area contributed by atoms with Crippen LogP contribution in [0.2, 0.25) is 0 Å². The largest absolute Gasteiger partial charge is 0.299 e. The molecule has 1 nitrogen and oxygen atoms in total. The smallest absolute Gasteiger partial charge is 0.0236 e. The molecule has 0 atom stereocenters. The van der Waals surface area contributed by atoms with Gasteiger partial charge in [-0.15, -0.1) is 0 Å². The molecule has 0 unspecified atom stereocenters. The monoisotopic (exact) mass is 160 g/mol. The van der Waals surface area contributed by atoms with Crippen LogP contribution in [0.25, 0.3) is 0 Å². The molecule has 0 spiro atoms. The van der Waals surface area contributed by atoms with Crippen molar-refractivity contribution in [2.75, 3.05) is 13.1 Å². The van der Waals surface area contributed by atoms with E-state index in [1.54, 1.807) is 0 Å². The average molecular weight is 160 g/mol. The van der Waals surface area contributed by atoms with E-state index in [4.69, 9.17) is 0 Å². The number of hydrogen-bond acceptors (Lipinski definition) is 1. The van der Waals surface area contributed by atoms with Crippen LogP contribution in [0.5, 0.6) is 0 Å². The van der Waals surface area contributed by atoms with Crippen molar-refractivity contribution >= 4 is 0 Å². The van der Waals surface area contributed by atoms with Gasteiger partial charge in [-0.1, -0.05) is 25.1 Å². The van der Waals surface area contributed by atoms with E-state index in [0.717, 1.165) is 13.1 Å². The average Bonchev–Trinajstić information content (AvgIpc) is 2.17. The van der Waals surface area contributed by atoms with Gasteiger partial charge in [0, 0.05) is 13.1 Å². The van der Waals surface area contributed by atoms with Crippen molar-refractivity contribution in [1.29, 1.82) is 0 Å². The maximum atomic E-state index is 3.13. The van der Waals surface area contributed by atoms with E-state index in [2.05, 4.69) is 30.0 Å². The Balaban J connectivity index is 2.23. The fourth-order valence-corrected chi connectivity index (χ4v) is 1.75. The molecular weight excluding hydrogens is 146 g/mol. The zero-order valence-electron chi connectivity index (χ0n) is 7.51. The molecule has 1 aliphatic heterocycles. The van der Waals surface area contributed by atoms with Gasteiger partial charge < -0.3 is 0 Å². The van der Waals surface area contributed by atoms with E-state index >= 15 is 0 Å². The van der Waals surface area contributed by atoms with Crippen LogP contribution in [0.4, 0.5) is 0 Å². The van der Waals surface area contributed by atoms with Crippen LogP contribution < -0.4 is 0 Å². The Labute approximate surface area is 74.0 Å². The molecule has 0 saturated carbocycles. The predicted octanol–water partition coefficient (Wildman–Crippen LogP) is 1.86. The SMILES string of the molecule is CCN1CCc2c[c]ccc2C1. The van der Waals surface area contributed by atoms with Crippen molar-refractivity contribution < 1.29 is 0 Å². The summed E-state index contributed by atoms with van der Waals surface area (Å²) < 4.78 is 0. The first-order chi connectivity index (χ1) is 5.90. The topological polar surface area (TPSA) is 3.24 Å². The van der Waals surface area contributed by atoms with Gasteiger partial charge in [0.1, 0.15) is 0 Å². The summed E-state index contributed by atoms with van der Waals surface area (Å²) in [5.74, 6) is 0. The fourth-order valence-electron chi connectivity index (χ4n) is 1.75. The third kappa shape index (κ3) is 1.37. The summed E-state index contributed by atoms with van der Waals surface area (Å²) >= 11 is 0. The highest BCUT2D eigenvalue weighted by Gasteiger charge is 2.12. The van der Waals surface area contributed by atoms with Gasteiger partial charge in [-0.3, -0.25) is 4.90 Å². The third-order valence-corrected chi connectivity index (χ3v) is 2.59. The van der Waals surface area contributed by atoms with E-state index in [1.807, 2.05) is 6.07 Å². The molecule has 0 saturated heterocycles. The molecule has 0 bridgehead atoms. The Hall–Kier alpha value is -0.820. The summed E-state index contributed by atoms with van der Waals surface area (Å²) in [4.78, 5) is 2.47. The molecule has 0 fully saturated rings. The predicted molar refractivity (Wildman–Crippen MR) is 49.9 cm³/mol. The van der Waals surface area contributed by atoms with Gasteiger partial charge in [0.05, 0.1) is 0 Å². The highest BCUT2D eigenvalue weighted by molar-refractivity contribution is 5.28. The second-order valence-corrected chi connectivity index (χ2v) is 3.31. The van der Waals surface area contributed by atoms with Crippen LogP contribution in [-0.4, -0.2) is 18.0 Å². The third-order valence-electron chi connectivity index (χ3n) is 2.59. The fraction of sp³-hybridized carbons (Fsp3) is 0.455. The highest BCUT2D eigenvalue weighted by atomic mass is 15.1. The normalized spacial score (nSPS) is 17.4. The molecule has 63 valence electrons. The molecule has 1 heteroatoms. The van der Waals surface area contributed by atoms with Crippen LogP contribution in [0.1, 0.15) is 18.1 Å². The lowest BCUT2D eigenvalue weighted by molar-refractivity contribution is 0.268. The molecular formula is C11H14N. The second-order valence-electron chi connectivity index (χ2n) is 3.31. The maximum Gasteiger partial charge on any atom is 0.0236 e. The molecule has 0 N–H and O–H groups in total. The minimum Gasteiger partial charge on any atom is -0.299 e. The zero-order chi connectivity index (χ0) is 8.39. The first-order valence-corrected chi connectivity index (χ1v) is 4.60. The summed E-state index contributed by atoms with van der Waals surface area (Å²) in [6, 6.07) is 9.47. The first-order valence-electron chi connectivity index (χ1n) is 4.60. The Morgan fingerprint density at radius 1 is 1.50 bits per heavy atom. The van der Waals surface area contributed by atoms with E-state index in [9.17, 15) is 0 Å². The maximum absolute atomic E-state index is 3.13. The lowest BCUT2D eigenvalue weighted by Gasteiger charge is -2.27. The molecule has 12 heavy (non-hydrogen) atoms. The minimum atomic E-state index is 1.13. The number of rotatable bonds is 1. The molecule has 2 rings (SSSR count). The molecule has 1 heterocycles. The van der Waals surface area contributed by atoms with Crippen molar-refractivity contribution in [2.24, 2.45) is 0 Å². The molecule has 1 aromatic carbocycles. The number of likely N-dealkylation sites (N-methyl/N-ethyl adjacent to an activating group) is 1. The van der Waals surface area contributed by atoms with Crippen LogP contribution in [0, 0.1) is 6.07 Å². The minimum absolute atomic E-state index is 1.13. The van der Waals surface area contributed by atoms with Gasteiger partial charge in [-0.2, -0.15) is 0 Å². The number of hydrogen-bond donors (Lipinski definition) is 0. The van der Waals surface area contributed by atoms with Crippen molar-refractivity contribution in [3.05, 3.63) is 35.4 Å². The zero-order valence-corrected chi connectivity index (χ0v) is 7.51. The molecule has 1 aliphatic rings. The molecule has 0 amide bonds. The standard InChI is InChI=1S/C11H14N/c1-2-12-8-7-10-5-3-4-6-11(10)9-12/h4-6H,2,7-9H2,1H3. The van der Waals surface area contributed by atoms with Crippen molar-refractivity contribution in [2.45, 2.75) is 19.9 Å². The molecule has 0 aliphatic carbocycles. The first kappa shape index (κ1) is 7.81. The van der Waals surface area contributed by atoms with E-state index in [-0.39, 0.29) is 0 Å². The number of benzene rings is 1. The van der Waals surface area contributed by atoms with E-state index in [0.29, 0.717) is 0 Å². The summed E-state index contributed by atoms with van der Waals surface area (Å²) in [5.41, 5.74) is 2.98. The summed E-state index contributed by atoms with van der Waals surface area (Å²) in [5, 5.41) is 0. The summed E-state index contributed by atoms with van der Waals surface area (Å²) in [6.45, 7) is 5.72. The second kappa shape index (κ2) is 3.28. The lowest BCUT2D eigenvalue weighted by Crippen LogP contribution is -2.29. The molecule has 1 radical (unpaired) electrons. The van der Waals surface area contributed by atoms with Gasteiger partial charge in [0.2, 0.25) is 0 Å². The van der Waals surface area contributed by atoms with Crippen LogP contribution in [0.15, 0.2) is 18.2 Å². The van der Waals surface area contributed by atoms with Crippen LogP contribution >= 0.6 is 0 Å². The van der Waals surface area contributed by atoms with E-state index < -0.39 is 0 Å². The molecule has 1 aromatic rings. The number of fused-ring (bicyclic) bond motifs is 1. The van der Waals surface area contributed by atoms with Crippen LogP contribution in [-0.2, 0) is 13.0 Å². The van der Waals surface area contributed by atoms with Gasteiger partial charge in [0.25, 0.3) is 0 Å². The Bertz CT molecular complexity index is 267. The van der Waals surface area contributed by atoms with Crippen molar-refractivity contribution in [1.82, 2.24) is 4.90 Å². The van der Waals surface area contributed by atoms with E-state index in [1.165, 1.54) is 24.1 Å². The Morgan fingerprint density at radius 2 is 2.42 bits per heavy atom. The van der Waals surface area contributed by atoms with Crippen molar-refractivity contribution in [3.63, 3.8) is 0 Å². The van der Waals surface area contributed by atoms with Crippen LogP contribution in [0.3, 0.4) is 0 Å². The lowest BCUT2D eigenvalue weighted by atomic mass is 10.0.